The Bertz CT molecular complexity index is 605. The number of hydrogen-bond acceptors (Lipinski definition) is 2. The number of H-pyrrole nitrogens is 1. The lowest BCUT2D eigenvalue weighted by Crippen LogP contribution is -2.50. The molecule has 0 spiro atoms. The van der Waals surface area contributed by atoms with Crippen molar-refractivity contribution in [2.24, 2.45) is 0 Å². The average Bonchev–Trinajstić information content (AvgIpc) is 2.84. The highest BCUT2D eigenvalue weighted by atomic mass is 16.5. The average molecular weight is 258 g/mol. The third kappa shape index (κ3) is 2.12. The van der Waals surface area contributed by atoms with Crippen molar-refractivity contribution < 1.29 is 9.53 Å². The van der Waals surface area contributed by atoms with Crippen molar-refractivity contribution in [1.29, 1.82) is 0 Å². The number of benzene rings is 1. The predicted molar refractivity (Wildman–Crippen MR) is 74.2 cm³/mol. The van der Waals surface area contributed by atoms with Crippen LogP contribution in [0.15, 0.2) is 30.5 Å². The van der Waals surface area contributed by atoms with Crippen molar-refractivity contribution in [2.45, 2.75) is 26.0 Å². The van der Waals surface area contributed by atoms with E-state index < -0.39 is 0 Å². The molecule has 2 unspecified atom stereocenters. The summed E-state index contributed by atoms with van der Waals surface area (Å²) in [7, 11) is 0. The molecular formula is C15H18N2O2. The summed E-state index contributed by atoms with van der Waals surface area (Å²) < 4.78 is 5.57. The first-order valence-electron chi connectivity index (χ1n) is 6.65. The second kappa shape index (κ2) is 4.70. The maximum atomic E-state index is 12.7. The number of fused-ring (bicyclic) bond motifs is 1. The van der Waals surface area contributed by atoms with Gasteiger partial charge in [-0.2, -0.15) is 0 Å². The zero-order valence-corrected chi connectivity index (χ0v) is 11.2. The van der Waals surface area contributed by atoms with Crippen LogP contribution in [-0.2, 0) is 4.74 Å². The van der Waals surface area contributed by atoms with E-state index in [0.29, 0.717) is 13.2 Å². The summed E-state index contributed by atoms with van der Waals surface area (Å²) in [6.45, 7) is 5.29. The number of carbonyl (C=O) groups is 1. The second-order valence-corrected chi connectivity index (χ2v) is 5.20. The first-order valence-corrected chi connectivity index (χ1v) is 6.65. The Morgan fingerprint density at radius 2 is 2.16 bits per heavy atom. The zero-order chi connectivity index (χ0) is 13.4. The lowest BCUT2D eigenvalue weighted by Gasteiger charge is -2.36. The fourth-order valence-electron chi connectivity index (χ4n) is 2.59. The first-order chi connectivity index (χ1) is 9.16. The van der Waals surface area contributed by atoms with Crippen LogP contribution in [0, 0.1) is 0 Å². The van der Waals surface area contributed by atoms with Gasteiger partial charge in [0.2, 0.25) is 0 Å². The molecule has 2 atom stereocenters. The Kier molecular flexibility index (Phi) is 3.03. The minimum absolute atomic E-state index is 0.0834. The Balaban J connectivity index is 1.95. The number of ether oxygens (including phenoxy) is 1. The van der Waals surface area contributed by atoms with Crippen LogP contribution in [0.5, 0.6) is 0 Å². The molecule has 3 rings (SSSR count). The molecule has 2 aromatic rings. The molecule has 0 aliphatic carbocycles. The third-order valence-electron chi connectivity index (χ3n) is 3.69. The first kappa shape index (κ1) is 12.2. The summed E-state index contributed by atoms with van der Waals surface area (Å²) in [5, 5.41) is 0.985. The highest BCUT2D eigenvalue weighted by Gasteiger charge is 2.29. The van der Waals surface area contributed by atoms with E-state index in [0.717, 1.165) is 16.5 Å². The SMILES string of the molecule is CC1CN(C(=O)c2c[nH]c3ccccc23)C(C)CO1. The lowest BCUT2D eigenvalue weighted by atomic mass is 10.1. The molecule has 0 radical (unpaired) electrons. The topological polar surface area (TPSA) is 45.3 Å². The molecule has 0 bridgehead atoms. The van der Waals surface area contributed by atoms with E-state index in [1.165, 1.54) is 0 Å². The van der Waals surface area contributed by atoms with Crippen molar-refractivity contribution >= 4 is 16.8 Å². The minimum atomic E-state index is 0.0834. The van der Waals surface area contributed by atoms with E-state index >= 15 is 0 Å². The van der Waals surface area contributed by atoms with Crippen molar-refractivity contribution in [3.05, 3.63) is 36.0 Å². The molecule has 1 fully saturated rings. The van der Waals surface area contributed by atoms with Gasteiger partial charge < -0.3 is 14.6 Å². The monoisotopic (exact) mass is 258 g/mol. The summed E-state index contributed by atoms with van der Waals surface area (Å²) in [5.41, 5.74) is 1.75. The van der Waals surface area contributed by atoms with Crippen LogP contribution < -0.4 is 0 Å². The Labute approximate surface area is 112 Å². The van der Waals surface area contributed by atoms with Gasteiger partial charge in [-0.3, -0.25) is 4.79 Å². The van der Waals surface area contributed by atoms with Gasteiger partial charge in [-0.25, -0.2) is 0 Å². The Hall–Kier alpha value is -1.81. The van der Waals surface area contributed by atoms with Gasteiger partial charge in [-0.15, -0.1) is 0 Å². The summed E-state index contributed by atoms with van der Waals surface area (Å²) >= 11 is 0. The number of rotatable bonds is 1. The van der Waals surface area contributed by atoms with E-state index in [9.17, 15) is 4.79 Å². The van der Waals surface area contributed by atoms with Crippen LogP contribution in [0.25, 0.3) is 10.9 Å². The highest BCUT2D eigenvalue weighted by molar-refractivity contribution is 6.06. The number of nitrogens with one attached hydrogen (secondary N) is 1. The molecule has 1 aliphatic heterocycles. The van der Waals surface area contributed by atoms with Gasteiger partial charge in [-0.05, 0) is 19.9 Å². The number of aromatic amines is 1. The zero-order valence-electron chi connectivity index (χ0n) is 11.2. The number of para-hydroxylation sites is 1. The molecule has 0 saturated carbocycles. The number of morpholine rings is 1. The summed E-state index contributed by atoms with van der Waals surface area (Å²) in [6, 6.07) is 8.01. The number of carbonyl (C=O) groups excluding carboxylic acids is 1. The molecule has 4 nitrogen and oxygen atoms in total. The van der Waals surface area contributed by atoms with Crippen LogP contribution in [-0.4, -0.2) is 41.1 Å². The maximum Gasteiger partial charge on any atom is 0.256 e. The van der Waals surface area contributed by atoms with Crippen LogP contribution in [0.3, 0.4) is 0 Å². The van der Waals surface area contributed by atoms with E-state index in [1.54, 1.807) is 6.20 Å². The standard InChI is InChI=1S/C15H18N2O2/c1-10-9-19-11(2)8-17(10)15(18)13-7-16-14-6-4-3-5-12(13)14/h3-7,10-11,16H,8-9H2,1-2H3. The Morgan fingerprint density at radius 1 is 1.37 bits per heavy atom. The normalized spacial score (nSPS) is 23.8. The van der Waals surface area contributed by atoms with Gasteiger partial charge in [0.15, 0.2) is 0 Å². The van der Waals surface area contributed by atoms with Gasteiger partial charge in [0.1, 0.15) is 0 Å². The molecule has 100 valence electrons. The smallest absolute Gasteiger partial charge is 0.256 e. The highest BCUT2D eigenvalue weighted by Crippen LogP contribution is 2.22. The molecule has 1 saturated heterocycles. The molecule has 2 heterocycles. The van der Waals surface area contributed by atoms with Gasteiger partial charge in [-0.1, -0.05) is 18.2 Å². The number of nitrogens with zero attached hydrogens (tertiary/aromatic N) is 1. The maximum absolute atomic E-state index is 12.7. The number of aromatic nitrogens is 1. The number of amides is 1. The predicted octanol–water partition coefficient (Wildman–Crippen LogP) is 2.42. The minimum Gasteiger partial charge on any atom is -0.375 e. The van der Waals surface area contributed by atoms with Crippen molar-refractivity contribution in [3.8, 4) is 0 Å². The number of hydrogen-bond donors (Lipinski definition) is 1. The third-order valence-corrected chi connectivity index (χ3v) is 3.69. The summed E-state index contributed by atoms with van der Waals surface area (Å²) in [5.74, 6) is 0.0834. The quantitative estimate of drug-likeness (QED) is 0.853. The van der Waals surface area contributed by atoms with Crippen LogP contribution in [0.2, 0.25) is 0 Å². The van der Waals surface area contributed by atoms with E-state index in [1.807, 2.05) is 43.0 Å². The van der Waals surface area contributed by atoms with Gasteiger partial charge in [0.25, 0.3) is 5.91 Å². The van der Waals surface area contributed by atoms with Crippen LogP contribution in [0.1, 0.15) is 24.2 Å². The molecule has 1 amide bonds. The van der Waals surface area contributed by atoms with Crippen molar-refractivity contribution in [1.82, 2.24) is 9.88 Å². The van der Waals surface area contributed by atoms with Crippen molar-refractivity contribution in [2.75, 3.05) is 13.2 Å². The molecule has 1 aromatic carbocycles. The van der Waals surface area contributed by atoms with Crippen LogP contribution >= 0.6 is 0 Å². The molecule has 19 heavy (non-hydrogen) atoms. The molecular weight excluding hydrogens is 240 g/mol. The molecule has 1 N–H and O–H groups in total. The lowest BCUT2D eigenvalue weighted by molar-refractivity contribution is -0.0386. The molecule has 1 aliphatic rings. The van der Waals surface area contributed by atoms with E-state index in [-0.39, 0.29) is 18.1 Å². The van der Waals surface area contributed by atoms with Gasteiger partial charge in [0, 0.05) is 23.6 Å². The fourth-order valence-corrected chi connectivity index (χ4v) is 2.59. The fraction of sp³-hybridized carbons (Fsp3) is 0.400. The molecule has 4 heteroatoms. The van der Waals surface area contributed by atoms with E-state index in [2.05, 4.69) is 4.98 Å². The summed E-state index contributed by atoms with van der Waals surface area (Å²) in [6.07, 6.45) is 1.91. The molecule has 1 aromatic heterocycles. The van der Waals surface area contributed by atoms with Crippen LogP contribution in [0.4, 0.5) is 0 Å². The summed E-state index contributed by atoms with van der Waals surface area (Å²) in [4.78, 5) is 17.7. The van der Waals surface area contributed by atoms with Gasteiger partial charge >= 0.3 is 0 Å². The van der Waals surface area contributed by atoms with Crippen molar-refractivity contribution in [3.63, 3.8) is 0 Å². The Morgan fingerprint density at radius 3 is 3.00 bits per heavy atom. The van der Waals surface area contributed by atoms with Gasteiger partial charge in [0.05, 0.1) is 24.3 Å². The second-order valence-electron chi connectivity index (χ2n) is 5.20. The largest absolute Gasteiger partial charge is 0.375 e. The van der Waals surface area contributed by atoms with E-state index in [4.69, 9.17) is 4.74 Å².